The SMILES string of the molecule is CNCCCN(C)Cc1ncc(-c2ccccc2)o1. The van der Waals surface area contributed by atoms with E-state index in [2.05, 4.69) is 22.2 Å². The molecule has 0 saturated carbocycles. The molecular weight excluding hydrogens is 238 g/mol. The van der Waals surface area contributed by atoms with Crippen molar-refractivity contribution in [3.05, 3.63) is 42.4 Å². The second-order valence-electron chi connectivity index (χ2n) is 4.68. The Labute approximate surface area is 114 Å². The van der Waals surface area contributed by atoms with Gasteiger partial charge in [-0.15, -0.1) is 0 Å². The summed E-state index contributed by atoms with van der Waals surface area (Å²) in [5, 5.41) is 3.15. The summed E-state index contributed by atoms with van der Waals surface area (Å²) in [7, 11) is 4.06. The molecule has 0 aliphatic rings. The summed E-state index contributed by atoms with van der Waals surface area (Å²) in [4.78, 5) is 6.56. The molecule has 0 saturated heterocycles. The Balaban J connectivity index is 1.91. The molecule has 0 unspecified atom stereocenters. The first-order valence-corrected chi connectivity index (χ1v) is 6.63. The van der Waals surface area contributed by atoms with E-state index in [1.165, 1.54) is 0 Å². The van der Waals surface area contributed by atoms with Crippen LogP contribution in [0.25, 0.3) is 11.3 Å². The molecule has 0 bridgehead atoms. The van der Waals surface area contributed by atoms with Gasteiger partial charge in [0.25, 0.3) is 0 Å². The van der Waals surface area contributed by atoms with Gasteiger partial charge in [-0.25, -0.2) is 4.98 Å². The lowest BCUT2D eigenvalue weighted by molar-refractivity contribution is 0.286. The summed E-state index contributed by atoms with van der Waals surface area (Å²) in [6, 6.07) is 10.1. The molecular formula is C15H21N3O. The zero-order chi connectivity index (χ0) is 13.5. The van der Waals surface area contributed by atoms with Crippen LogP contribution in [0.1, 0.15) is 12.3 Å². The van der Waals surface area contributed by atoms with Crippen molar-refractivity contribution in [2.75, 3.05) is 27.2 Å². The van der Waals surface area contributed by atoms with E-state index in [0.717, 1.165) is 43.3 Å². The maximum Gasteiger partial charge on any atom is 0.209 e. The summed E-state index contributed by atoms with van der Waals surface area (Å²) in [5.74, 6) is 1.60. The second-order valence-corrected chi connectivity index (χ2v) is 4.68. The Morgan fingerprint density at radius 3 is 2.79 bits per heavy atom. The smallest absolute Gasteiger partial charge is 0.209 e. The quantitative estimate of drug-likeness (QED) is 0.775. The molecule has 1 aromatic carbocycles. The van der Waals surface area contributed by atoms with Gasteiger partial charge in [0.15, 0.2) is 5.76 Å². The largest absolute Gasteiger partial charge is 0.439 e. The highest BCUT2D eigenvalue weighted by molar-refractivity contribution is 5.55. The number of benzene rings is 1. The lowest BCUT2D eigenvalue weighted by Crippen LogP contribution is -2.22. The zero-order valence-corrected chi connectivity index (χ0v) is 11.6. The molecule has 19 heavy (non-hydrogen) atoms. The molecule has 2 aromatic rings. The Morgan fingerprint density at radius 2 is 2.05 bits per heavy atom. The Morgan fingerprint density at radius 1 is 1.26 bits per heavy atom. The molecule has 2 rings (SSSR count). The molecule has 0 aliphatic carbocycles. The molecule has 1 heterocycles. The molecule has 0 amide bonds. The lowest BCUT2D eigenvalue weighted by Gasteiger charge is -2.13. The fraction of sp³-hybridized carbons (Fsp3) is 0.400. The van der Waals surface area contributed by atoms with Gasteiger partial charge in [0.2, 0.25) is 5.89 Å². The van der Waals surface area contributed by atoms with Crippen molar-refractivity contribution >= 4 is 0 Å². The van der Waals surface area contributed by atoms with E-state index in [-0.39, 0.29) is 0 Å². The Kier molecular flexibility index (Phi) is 5.12. The maximum atomic E-state index is 5.78. The van der Waals surface area contributed by atoms with E-state index >= 15 is 0 Å². The van der Waals surface area contributed by atoms with E-state index in [4.69, 9.17) is 4.42 Å². The van der Waals surface area contributed by atoms with Gasteiger partial charge >= 0.3 is 0 Å². The van der Waals surface area contributed by atoms with E-state index < -0.39 is 0 Å². The highest BCUT2D eigenvalue weighted by Crippen LogP contribution is 2.20. The van der Waals surface area contributed by atoms with Gasteiger partial charge in [0.05, 0.1) is 12.7 Å². The van der Waals surface area contributed by atoms with Crippen LogP contribution in [0.5, 0.6) is 0 Å². The topological polar surface area (TPSA) is 41.3 Å². The van der Waals surface area contributed by atoms with E-state index in [0.29, 0.717) is 0 Å². The molecule has 4 heteroatoms. The number of hydrogen-bond acceptors (Lipinski definition) is 4. The highest BCUT2D eigenvalue weighted by Gasteiger charge is 2.08. The third kappa shape index (κ3) is 4.19. The van der Waals surface area contributed by atoms with Gasteiger partial charge in [-0.3, -0.25) is 4.90 Å². The molecule has 0 fully saturated rings. The number of nitrogens with zero attached hydrogens (tertiary/aromatic N) is 2. The van der Waals surface area contributed by atoms with Gasteiger partial charge in [0.1, 0.15) is 0 Å². The van der Waals surface area contributed by atoms with Gasteiger partial charge < -0.3 is 9.73 Å². The average Bonchev–Trinajstić information content (AvgIpc) is 2.88. The fourth-order valence-electron chi connectivity index (χ4n) is 1.95. The number of nitrogens with one attached hydrogen (secondary N) is 1. The summed E-state index contributed by atoms with van der Waals surface area (Å²) >= 11 is 0. The molecule has 4 nitrogen and oxygen atoms in total. The van der Waals surface area contributed by atoms with Gasteiger partial charge in [0, 0.05) is 5.56 Å². The van der Waals surface area contributed by atoms with Crippen molar-refractivity contribution in [1.29, 1.82) is 0 Å². The molecule has 1 N–H and O–H groups in total. The minimum absolute atomic E-state index is 0.747. The first kappa shape index (κ1) is 13.8. The van der Waals surface area contributed by atoms with Crippen LogP contribution in [0.4, 0.5) is 0 Å². The first-order chi connectivity index (χ1) is 9.29. The normalized spacial score (nSPS) is 11.1. The van der Waals surface area contributed by atoms with Crippen LogP contribution in [-0.2, 0) is 6.54 Å². The van der Waals surface area contributed by atoms with Crippen molar-refractivity contribution in [1.82, 2.24) is 15.2 Å². The van der Waals surface area contributed by atoms with Crippen molar-refractivity contribution in [3.63, 3.8) is 0 Å². The van der Waals surface area contributed by atoms with Gasteiger partial charge in [-0.1, -0.05) is 30.3 Å². The summed E-state index contributed by atoms with van der Waals surface area (Å²) in [6.07, 6.45) is 2.92. The van der Waals surface area contributed by atoms with Crippen LogP contribution in [0.2, 0.25) is 0 Å². The highest BCUT2D eigenvalue weighted by atomic mass is 16.4. The van der Waals surface area contributed by atoms with Crippen molar-refractivity contribution in [2.24, 2.45) is 0 Å². The molecule has 102 valence electrons. The molecule has 0 radical (unpaired) electrons. The third-order valence-corrected chi connectivity index (χ3v) is 2.98. The first-order valence-electron chi connectivity index (χ1n) is 6.63. The standard InChI is InChI=1S/C15H21N3O/c1-16-9-6-10-18(2)12-15-17-11-14(19-15)13-7-4-3-5-8-13/h3-5,7-8,11,16H,6,9-10,12H2,1-2H3. The van der Waals surface area contributed by atoms with Gasteiger partial charge in [-0.05, 0) is 33.6 Å². The Hall–Kier alpha value is -1.65. The van der Waals surface area contributed by atoms with E-state index in [1.807, 2.05) is 37.4 Å². The zero-order valence-electron chi connectivity index (χ0n) is 11.6. The molecule has 0 spiro atoms. The fourth-order valence-corrected chi connectivity index (χ4v) is 1.95. The minimum Gasteiger partial charge on any atom is -0.439 e. The van der Waals surface area contributed by atoms with Gasteiger partial charge in [-0.2, -0.15) is 0 Å². The van der Waals surface area contributed by atoms with Crippen LogP contribution in [0.3, 0.4) is 0 Å². The predicted octanol–water partition coefficient (Wildman–Crippen LogP) is 2.38. The number of rotatable bonds is 7. The van der Waals surface area contributed by atoms with Crippen LogP contribution in [-0.4, -0.2) is 37.1 Å². The van der Waals surface area contributed by atoms with Crippen molar-refractivity contribution < 1.29 is 4.42 Å². The number of aromatic nitrogens is 1. The third-order valence-electron chi connectivity index (χ3n) is 2.98. The molecule has 0 atom stereocenters. The summed E-state index contributed by atoms with van der Waals surface area (Å²) in [5.41, 5.74) is 1.07. The molecule has 1 aromatic heterocycles. The van der Waals surface area contributed by atoms with Crippen LogP contribution >= 0.6 is 0 Å². The second kappa shape index (κ2) is 7.07. The predicted molar refractivity (Wildman–Crippen MR) is 76.8 cm³/mol. The van der Waals surface area contributed by atoms with Crippen molar-refractivity contribution in [3.8, 4) is 11.3 Å². The van der Waals surface area contributed by atoms with Crippen LogP contribution in [0, 0.1) is 0 Å². The molecule has 0 aliphatic heterocycles. The van der Waals surface area contributed by atoms with Crippen LogP contribution in [0.15, 0.2) is 40.9 Å². The van der Waals surface area contributed by atoms with Crippen LogP contribution < -0.4 is 5.32 Å². The Bertz CT molecular complexity index is 481. The number of oxazole rings is 1. The van der Waals surface area contributed by atoms with E-state index in [9.17, 15) is 0 Å². The monoisotopic (exact) mass is 259 g/mol. The average molecular weight is 259 g/mol. The lowest BCUT2D eigenvalue weighted by atomic mass is 10.2. The summed E-state index contributed by atoms with van der Waals surface area (Å²) < 4.78 is 5.78. The minimum atomic E-state index is 0.747. The maximum absolute atomic E-state index is 5.78. The van der Waals surface area contributed by atoms with E-state index in [1.54, 1.807) is 6.20 Å². The van der Waals surface area contributed by atoms with Crippen molar-refractivity contribution in [2.45, 2.75) is 13.0 Å². The summed E-state index contributed by atoms with van der Waals surface area (Å²) in [6.45, 7) is 2.81. The number of hydrogen-bond donors (Lipinski definition) is 1.